The summed E-state index contributed by atoms with van der Waals surface area (Å²) in [4.78, 5) is 12.2. The summed E-state index contributed by atoms with van der Waals surface area (Å²) in [6.07, 6.45) is 2.96. The van der Waals surface area contributed by atoms with Gasteiger partial charge < -0.3 is 9.88 Å². The lowest BCUT2D eigenvalue weighted by Gasteiger charge is -2.12. The van der Waals surface area contributed by atoms with Crippen molar-refractivity contribution in [3.05, 3.63) is 82.9 Å². The van der Waals surface area contributed by atoms with Gasteiger partial charge in [0.25, 0.3) is 0 Å². The average Bonchev–Trinajstić information content (AvgIpc) is 3.06. The van der Waals surface area contributed by atoms with Gasteiger partial charge in [-0.25, -0.2) is 4.39 Å². The number of nitrogens with zero attached hydrogens (tertiary/aromatic N) is 3. The Morgan fingerprint density at radius 2 is 2.03 bits per heavy atom. The third-order valence-electron chi connectivity index (χ3n) is 4.51. The minimum Gasteiger partial charge on any atom is -0.343 e. The Morgan fingerprint density at radius 3 is 2.79 bits per heavy atom. The number of carbonyl (C=O) groups is 1. The van der Waals surface area contributed by atoms with Crippen LogP contribution in [0.2, 0.25) is 0 Å². The summed E-state index contributed by atoms with van der Waals surface area (Å²) < 4.78 is 15.1. The van der Waals surface area contributed by atoms with E-state index >= 15 is 0 Å². The van der Waals surface area contributed by atoms with Crippen molar-refractivity contribution in [1.82, 2.24) is 20.1 Å². The van der Waals surface area contributed by atoms with Gasteiger partial charge in [-0.05, 0) is 48.7 Å². The van der Waals surface area contributed by atoms with Crippen LogP contribution in [0.5, 0.6) is 0 Å². The van der Waals surface area contributed by atoms with Gasteiger partial charge in [-0.3, -0.25) is 4.79 Å². The maximum absolute atomic E-state index is 13.2. The lowest BCUT2D eigenvalue weighted by Crippen LogP contribution is -2.26. The molecule has 3 rings (SSSR count). The van der Waals surface area contributed by atoms with Crippen LogP contribution in [0.25, 0.3) is 6.08 Å². The smallest absolute Gasteiger partial charge is 0.244 e. The zero-order chi connectivity index (χ0) is 20.8. The first-order valence-corrected chi connectivity index (χ1v) is 10.2. The second-order valence-corrected chi connectivity index (χ2v) is 7.68. The molecule has 7 heteroatoms. The van der Waals surface area contributed by atoms with E-state index in [1.165, 1.54) is 29.3 Å². The molecule has 1 amide bonds. The predicted molar refractivity (Wildman–Crippen MR) is 114 cm³/mol. The summed E-state index contributed by atoms with van der Waals surface area (Å²) in [5, 5.41) is 12.2. The standard InChI is InChI=1S/C22H23FN4OS/c1-15-7-4-5-9-18(15)14-29-22-26-25-21(27(22)3)16(2)24-20(28)12-11-17-8-6-10-19(23)13-17/h4-13,16H,14H2,1-3H3,(H,24,28)/b12-11+/t16-/m0/s1. The highest BCUT2D eigenvalue weighted by molar-refractivity contribution is 7.98. The number of carbonyl (C=O) groups excluding carboxylic acids is 1. The van der Waals surface area contributed by atoms with Crippen molar-refractivity contribution in [3.8, 4) is 0 Å². The molecule has 1 heterocycles. The molecule has 3 aromatic rings. The largest absolute Gasteiger partial charge is 0.343 e. The van der Waals surface area contributed by atoms with Gasteiger partial charge in [-0.2, -0.15) is 0 Å². The molecule has 150 valence electrons. The highest BCUT2D eigenvalue weighted by atomic mass is 32.2. The van der Waals surface area contributed by atoms with Gasteiger partial charge in [0.2, 0.25) is 5.91 Å². The highest BCUT2D eigenvalue weighted by Crippen LogP contribution is 2.24. The van der Waals surface area contributed by atoms with Gasteiger partial charge in [0, 0.05) is 18.9 Å². The van der Waals surface area contributed by atoms with Gasteiger partial charge in [-0.15, -0.1) is 10.2 Å². The molecule has 0 unspecified atom stereocenters. The van der Waals surface area contributed by atoms with Gasteiger partial charge in [-0.1, -0.05) is 48.2 Å². The summed E-state index contributed by atoms with van der Waals surface area (Å²) in [6.45, 7) is 3.95. The number of hydrogen-bond acceptors (Lipinski definition) is 4. The normalized spacial score (nSPS) is 12.3. The van der Waals surface area contributed by atoms with Crippen LogP contribution in [0, 0.1) is 12.7 Å². The molecule has 0 bridgehead atoms. The molecule has 0 aliphatic heterocycles. The zero-order valence-corrected chi connectivity index (χ0v) is 17.4. The lowest BCUT2D eigenvalue weighted by atomic mass is 10.1. The lowest BCUT2D eigenvalue weighted by molar-refractivity contribution is -0.117. The highest BCUT2D eigenvalue weighted by Gasteiger charge is 2.17. The van der Waals surface area contributed by atoms with Crippen molar-refractivity contribution in [2.45, 2.75) is 30.8 Å². The van der Waals surface area contributed by atoms with Gasteiger partial charge in [0.1, 0.15) is 5.82 Å². The van der Waals surface area contributed by atoms with Crippen molar-refractivity contribution >= 4 is 23.7 Å². The van der Waals surface area contributed by atoms with Crippen LogP contribution in [-0.2, 0) is 17.6 Å². The molecule has 1 N–H and O–H groups in total. The molecule has 0 spiro atoms. The van der Waals surface area contributed by atoms with Gasteiger partial charge in [0.05, 0.1) is 6.04 Å². The van der Waals surface area contributed by atoms with Crippen LogP contribution >= 0.6 is 11.8 Å². The van der Waals surface area contributed by atoms with Gasteiger partial charge in [0.15, 0.2) is 11.0 Å². The molecule has 0 aliphatic rings. The predicted octanol–water partition coefficient (Wildman–Crippen LogP) is 4.45. The van der Waals surface area contributed by atoms with E-state index in [1.807, 2.05) is 30.7 Å². The topological polar surface area (TPSA) is 59.8 Å². The van der Waals surface area contributed by atoms with Crippen molar-refractivity contribution < 1.29 is 9.18 Å². The molecule has 0 aliphatic carbocycles. The molecule has 1 atom stereocenters. The van der Waals surface area contributed by atoms with Crippen LogP contribution < -0.4 is 5.32 Å². The van der Waals surface area contributed by atoms with E-state index < -0.39 is 0 Å². The van der Waals surface area contributed by atoms with Crippen LogP contribution in [0.1, 0.15) is 35.5 Å². The zero-order valence-electron chi connectivity index (χ0n) is 16.6. The Balaban J connectivity index is 1.60. The Hall–Kier alpha value is -2.93. The summed E-state index contributed by atoms with van der Waals surface area (Å²) in [7, 11) is 1.89. The molecule has 0 saturated heterocycles. The van der Waals surface area contributed by atoms with Gasteiger partial charge >= 0.3 is 0 Å². The number of hydrogen-bond donors (Lipinski definition) is 1. The fraction of sp³-hybridized carbons (Fsp3) is 0.227. The minimum atomic E-state index is -0.337. The van der Waals surface area contributed by atoms with E-state index in [4.69, 9.17) is 0 Å². The molecule has 0 fully saturated rings. The maximum Gasteiger partial charge on any atom is 0.244 e. The number of nitrogens with one attached hydrogen (secondary N) is 1. The number of halogens is 1. The average molecular weight is 411 g/mol. The van der Waals surface area contributed by atoms with Crippen molar-refractivity contribution in [3.63, 3.8) is 0 Å². The van der Waals surface area contributed by atoms with E-state index in [-0.39, 0.29) is 17.8 Å². The van der Waals surface area contributed by atoms with Crippen molar-refractivity contribution in [1.29, 1.82) is 0 Å². The summed E-state index contributed by atoms with van der Waals surface area (Å²) >= 11 is 1.61. The number of benzene rings is 2. The Bertz CT molecular complexity index is 1030. The number of aromatic nitrogens is 3. The Labute approximate surface area is 174 Å². The first-order valence-electron chi connectivity index (χ1n) is 9.25. The maximum atomic E-state index is 13.2. The molecule has 0 radical (unpaired) electrons. The van der Waals surface area contributed by atoms with Crippen molar-refractivity contribution in [2.75, 3.05) is 0 Å². The van der Waals surface area contributed by atoms with E-state index in [0.29, 0.717) is 11.4 Å². The van der Waals surface area contributed by atoms with Crippen LogP contribution in [0.3, 0.4) is 0 Å². The summed E-state index contributed by atoms with van der Waals surface area (Å²) in [5.41, 5.74) is 3.13. The number of thioether (sulfide) groups is 1. The monoisotopic (exact) mass is 410 g/mol. The van der Waals surface area contributed by atoms with E-state index in [1.54, 1.807) is 30.0 Å². The number of rotatable bonds is 7. The molecule has 2 aromatic carbocycles. The fourth-order valence-electron chi connectivity index (χ4n) is 2.85. The first-order chi connectivity index (χ1) is 13.9. The van der Waals surface area contributed by atoms with Crippen LogP contribution in [-0.4, -0.2) is 20.7 Å². The van der Waals surface area contributed by atoms with Crippen LogP contribution in [0.4, 0.5) is 4.39 Å². The molecular weight excluding hydrogens is 387 g/mol. The third kappa shape index (κ3) is 5.54. The Kier molecular flexibility index (Phi) is 6.82. The first kappa shape index (κ1) is 20.8. The fourth-order valence-corrected chi connectivity index (χ4v) is 3.85. The van der Waals surface area contributed by atoms with E-state index in [2.05, 4.69) is 34.6 Å². The minimum absolute atomic E-state index is 0.279. The molecule has 5 nitrogen and oxygen atoms in total. The molecular formula is C22H23FN4OS. The summed E-state index contributed by atoms with van der Waals surface area (Å²) in [6, 6.07) is 14.0. The molecule has 0 saturated carbocycles. The number of aryl methyl sites for hydroxylation is 1. The summed E-state index contributed by atoms with van der Waals surface area (Å²) in [5.74, 6) is 0.856. The van der Waals surface area contributed by atoms with Crippen LogP contribution in [0.15, 0.2) is 59.8 Å². The van der Waals surface area contributed by atoms with E-state index in [0.717, 1.165) is 10.9 Å². The third-order valence-corrected chi connectivity index (χ3v) is 5.58. The molecule has 29 heavy (non-hydrogen) atoms. The SMILES string of the molecule is Cc1ccccc1CSc1nnc([C@H](C)NC(=O)/C=C/c2cccc(F)c2)n1C. The second-order valence-electron chi connectivity index (χ2n) is 6.73. The molecule has 1 aromatic heterocycles. The van der Waals surface area contributed by atoms with Crippen molar-refractivity contribution in [2.24, 2.45) is 7.05 Å². The second kappa shape index (κ2) is 9.52. The quantitative estimate of drug-likeness (QED) is 0.462. The Morgan fingerprint density at radius 1 is 1.24 bits per heavy atom. The van der Waals surface area contributed by atoms with E-state index in [9.17, 15) is 9.18 Å². The number of amides is 1.